The molecule has 0 bridgehead atoms. The number of carbonyl (C=O) groups excluding carboxylic acids is 1. The molecule has 1 fully saturated rings. The number of anilines is 2. The first-order valence-corrected chi connectivity index (χ1v) is 8.03. The number of nitrogens with one attached hydrogen (secondary N) is 2. The summed E-state index contributed by atoms with van der Waals surface area (Å²) in [6.45, 7) is 0.584. The van der Waals surface area contributed by atoms with Gasteiger partial charge in [0, 0.05) is 25.7 Å². The van der Waals surface area contributed by atoms with Crippen LogP contribution in [0.4, 0.5) is 16.2 Å². The second-order valence-electron chi connectivity index (χ2n) is 6.08. The number of aliphatic hydroxyl groups is 1. The molecule has 0 aliphatic heterocycles. The van der Waals surface area contributed by atoms with Gasteiger partial charge in [0.2, 0.25) is 0 Å². The Hall–Kier alpha value is -1.46. The molecule has 0 aromatic heterocycles. The van der Waals surface area contributed by atoms with E-state index < -0.39 is 0 Å². The maximum absolute atomic E-state index is 12.1. The first-order valence-electron chi connectivity index (χ1n) is 7.65. The van der Waals surface area contributed by atoms with E-state index in [1.54, 1.807) is 12.1 Å². The summed E-state index contributed by atoms with van der Waals surface area (Å²) in [5.74, 6) is 0.349. The van der Waals surface area contributed by atoms with E-state index >= 15 is 0 Å². The number of carbonyl (C=O) groups is 1. The number of amides is 2. The molecule has 22 heavy (non-hydrogen) atoms. The minimum atomic E-state index is -0.245. The monoisotopic (exact) mass is 325 g/mol. The lowest BCUT2D eigenvalue weighted by Gasteiger charge is -2.26. The molecule has 1 aliphatic rings. The van der Waals surface area contributed by atoms with E-state index in [0.29, 0.717) is 23.2 Å². The summed E-state index contributed by atoms with van der Waals surface area (Å²) in [5.41, 5.74) is 1.58. The number of benzene rings is 1. The lowest BCUT2D eigenvalue weighted by molar-refractivity contribution is 0.101. The van der Waals surface area contributed by atoms with Crippen molar-refractivity contribution in [2.45, 2.75) is 31.8 Å². The zero-order chi connectivity index (χ0) is 16.1. The van der Waals surface area contributed by atoms with Crippen molar-refractivity contribution in [2.24, 2.45) is 5.92 Å². The summed E-state index contributed by atoms with van der Waals surface area (Å²) in [6, 6.07) is 5.16. The molecular formula is C16H24ClN3O2. The lowest BCUT2D eigenvalue weighted by Crippen LogP contribution is -2.35. The third kappa shape index (κ3) is 4.78. The fourth-order valence-corrected chi connectivity index (χ4v) is 3.02. The van der Waals surface area contributed by atoms with Crippen LogP contribution < -0.4 is 15.5 Å². The van der Waals surface area contributed by atoms with Crippen LogP contribution in [0.5, 0.6) is 0 Å². The molecular weight excluding hydrogens is 302 g/mol. The molecule has 1 saturated carbocycles. The van der Waals surface area contributed by atoms with Gasteiger partial charge in [-0.3, -0.25) is 0 Å². The van der Waals surface area contributed by atoms with Gasteiger partial charge in [0.1, 0.15) is 0 Å². The second-order valence-corrected chi connectivity index (χ2v) is 6.51. The highest BCUT2D eigenvalue weighted by Gasteiger charge is 2.20. The highest BCUT2D eigenvalue weighted by Crippen LogP contribution is 2.28. The van der Waals surface area contributed by atoms with Crippen LogP contribution in [-0.2, 0) is 0 Å². The molecule has 122 valence electrons. The topological polar surface area (TPSA) is 64.6 Å². The minimum absolute atomic E-state index is 0.225. The molecule has 5 nitrogen and oxygen atoms in total. The van der Waals surface area contributed by atoms with Gasteiger partial charge in [-0.1, -0.05) is 18.0 Å². The van der Waals surface area contributed by atoms with Gasteiger partial charge in [-0.2, -0.15) is 0 Å². The molecule has 6 heteroatoms. The van der Waals surface area contributed by atoms with E-state index in [-0.39, 0.29) is 12.1 Å². The second kappa shape index (κ2) is 7.70. The van der Waals surface area contributed by atoms with Gasteiger partial charge in [0.05, 0.1) is 17.5 Å². The Morgan fingerprint density at radius 1 is 1.41 bits per heavy atom. The average molecular weight is 326 g/mol. The Kier molecular flexibility index (Phi) is 5.91. The third-order valence-electron chi connectivity index (χ3n) is 4.00. The van der Waals surface area contributed by atoms with Gasteiger partial charge in [0.15, 0.2) is 0 Å². The fraction of sp³-hybridized carbons (Fsp3) is 0.562. The van der Waals surface area contributed by atoms with Gasteiger partial charge in [-0.15, -0.1) is 0 Å². The largest absolute Gasteiger partial charge is 0.393 e. The Labute approximate surface area is 136 Å². The van der Waals surface area contributed by atoms with Crippen molar-refractivity contribution in [1.29, 1.82) is 0 Å². The third-order valence-corrected chi connectivity index (χ3v) is 4.23. The average Bonchev–Trinajstić information content (AvgIpc) is 2.45. The summed E-state index contributed by atoms with van der Waals surface area (Å²) in [6.07, 6.45) is 3.49. The molecule has 0 saturated heterocycles. The van der Waals surface area contributed by atoms with E-state index in [1.165, 1.54) is 0 Å². The van der Waals surface area contributed by atoms with E-state index in [1.807, 2.05) is 25.1 Å². The van der Waals surface area contributed by atoms with Crippen LogP contribution in [-0.4, -0.2) is 37.9 Å². The van der Waals surface area contributed by atoms with Gasteiger partial charge in [0.25, 0.3) is 0 Å². The molecule has 1 aromatic carbocycles. The van der Waals surface area contributed by atoms with Crippen LogP contribution >= 0.6 is 11.6 Å². The summed E-state index contributed by atoms with van der Waals surface area (Å²) in [7, 11) is 3.82. The predicted octanol–water partition coefficient (Wildman–Crippen LogP) is 3.08. The van der Waals surface area contributed by atoms with Crippen LogP contribution in [0, 0.1) is 5.92 Å². The Morgan fingerprint density at radius 3 is 2.86 bits per heavy atom. The van der Waals surface area contributed by atoms with E-state index in [9.17, 15) is 9.90 Å². The standard InChI is InChI=1S/C16H24ClN3O2/c1-20(2)15-7-6-12(17)9-14(15)19-16(22)18-10-11-4-3-5-13(21)8-11/h6-7,9,11,13,21H,3-5,8,10H2,1-2H3,(H2,18,19,22). The first-order chi connectivity index (χ1) is 10.5. The molecule has 1 aliphatic carbocycles. The van der Waals surface area contributed by atoms with Crippen molar-refractivity contribution < 1.29 is 9.90 Å². The van der Waals surface area contributed by atoms with Crippen LogP contribution in [0.15, 0.2) is 18.2 Å². The van der Waals surface area contributed by atoms with Crippen LogP contribution in [0.3, 0.4) is 0 Å². The van der Waals surface area contributed by atoms with Crippen molar-refractivity contribution in [1.82, 2.24) is 5.32 Å². The zero-order valence-corrected chi connectivity index (χ0v) is 13.9. The van der Waals surface area contributed by atoms with Crippen molar-refractivity contribution in [3.8, 4) is 0 Å². The maximum Gasteiger partial charge on any atom is 0.319 e. The highest BCUT2D eigenvalue weighted by atomic mass is 35.5. The Balaban J connectivity index is 1.90. The molecule has 1 aromatic rings. The number of rotatable bonds is 4. The van der Waals surface area contributed by atoms with Crippen LogP contribution in [0.1, 0.15) is 25.7 Å². The van der Waals surface area contributed by atoms with Crippen LogP contribution in [0.2, 0.25) is 5.02 Å². The SMILES string of the molecule is CN(C)c1ccc(Cl)cc1NC(=O)NCC1CCCC(O)C1. The smallest absolute Gasteiger partial charge is 0.319 e. The maximum atomic E-state index is 12.1. The predicted molar refractivity (Wildman–Crippen MR) is 90.8 cm³/mol. The number of hydrogen-bond donors (Lipinski definition) is 3. The van der Waals surface area contributed by atoms with Gasteiger partial charge < -0.3 is 20.6 Å². The fourth-order valence-electron chi connectivity index (χ4n) is 2.85. The summed E-state index contributed by atoms with van der Waals surface area (Å²) in [5, 5.41) is 16.0. The zero-order valence-electron chi connectivity index (χ0n) is 13.1. The molecule has 2 amide bonds. The summed E-state index contributed by atoms with van der Waals surface area (Å²) >= 11 is 6.00. The number of aliphatic hydroxyl groups excluding tert-OH is 1. The van der Waals surface area contributed by atoms with Crippen LogP contribution in [0.25, 0.3) is 0 Å². The van der Waals surface area contributed by atoms with Crippen molar-refractivity contribution in [3.05, 3.63) is 23.2 Å². The van der Waals surface area contributed by atoms with Gasteiger partial charge in [-0.05, 0) is 43.4 Å². The van der Waals surface area contributed by atoms with Crippen molar-refractivity contribution >= 4 is 29.0 Å². The van der Waals surface area contributed by atoms with E-state index in [2.05, 4.69) is 10.6 Å². The van der Waals surface area contributed by atoms with E-state index in [4.69, 9.17) is 11.6 Å². The molecule has 2 rings (SSSR count). The Morgan fingerprint density at radius 2 is 2.18 bits per heavy atom. The van der Waals surface area contributed by atoms with Crippen molar-refractivity contribution in [3.63, 3.8) is 0 Å². The summed E-state index contributed by atoms with van der Waals surface area (Å²) < 4.78 is 0. The van der Waals surface area contributed by atoms with E-state index in [0.717, 1.165) is 31.4 Å². The minimum Gasteiger partial charge on any atom is -0.393 e. The van der Waals surface area contributed by atoms with Gasteiger partial charge in [-0.25, -0.2) is 4.79 Å². The first kappa shape index (κ1) is 16.9. The number of hydrogen-bond acceptors (Lipinski definition) is 3. The highest BCUT2D eigenvalue weighted by molar-refractivity contribution is 6.31. The quantitative estimate of drug-likeness (QED) is 0.797. The number of halogens is 1. The molecule has 2 atom stereocenters. The van der Waals surface area contributed by atoms with Gasteiger partial charge >= 0.3 is 6.03 Å². The molecule has 3 N–H and O–H groups in total. The van der Waals surface area contributed by atoms with Crippen molar-refractivity contribution in [2.75, 3.05) is 30.9 Å². The molecule has 0 spiro atoms. The molecule has 0 heterocycles. The normalized spacial score (nSPS) is 21.3. The molecule has 2 unspecified atom stereocenters. The summed E-state index contributed by atoms with van der Waals surface area (Å²) in [4.78, 5) is 14.0. The number of urea groups is 1. The number of nitrogens with zero attached hydrogens (tertiary/aromatic N) is 1. The lowest BCUT2D eigenvalue weighted by atomic mass is 9.87. The molecule has 0 radical (unpaired) electrons. The Bertz CT molecular complexity index is 522.